The molecule has 1 amide bonds. The molecule has 0 saturated heterocycles. The van der Waals surface area contributed by atoms with E-state index >= 15 is 0 Å². The van der Waals surface area contributed by atoms with Gasteiger partial charge in [-0.2, -0.15) is 15.0 Å². The molecular weight excluding hydrogens is 283 g/mol. The van der Waals surface area contributed by atoms with Crippen molar-refractivity contribution in [3.05, 3.63) is 30.1 Å². The molecule has 1 aromatic heterocycles. The summed E-state index contributed by atoms with van der Waals surface area (Å²) >= 11 is 1.07. The summed E-state index contributed by atoms with van der Waals surface area (Å²) in [6, 6.07) is 5.46. The van der Waals surface area contributed by atoms with Gasteiger partial charge in [-0.1, -0.05) is 11.8 Å². The minimum atomic E-state index is -0.367. The second-order valence-corrected chi connectivity index (χ2v) is 4.62. The maximum absolute atomic E-state index is 12.7. The van der Waals surface area contributed by atoms with Crippen LogP contribution in [0.4, 0.5) is 22.0 Å². The molecule has 0 radical (unpaired) electrons. The van der Waals surface area contributed by atoms with Gasteiger partial charge in [-0.15, -0.1) is 0 Å². The number of rotatable bonds is 4. The van der Waals surface area contributed by atoms with Crippen molar-refractivity contribution in [3.8, 4) is 0 Å². The number of halogens is 1. The molecule has 0 unspecified atom stereocenters. The molecule has 9 heteroatoms. The van der Waals surface area contributed by atoms with Crippen LogP contribution in [0.2, 0.25) is 0 Å². The van der Waals surface area contributed by atoms with Gasteiger partial charge in [0.1, 0.15) is 5.82 Å². The molecule has 1 heterocycles. The number of nitrogens with two attached hydrogens (primary N) is 2. The van der Waals surface area contributed by atoms with E-state index in [-0.39, 0.29) is 34.5 Å². The lowest BCUT2D eigenvalue weighted by atomic mass is 10.3. The predicted molar refractivity (Wildman–Crippen MR) is 74.4 cm³/mol. The molecule has 0 bridgehead atoms. The number of hydrogen-bond donors (Lipinski definition) is 3. The molecule has 1 aromatic carbocycles. The largest absolute Gasteiger partial charge is 0.368 e. The third-order valence-electron chi connectivity index (χ3n) is 2.11. The predicted octanol–water partition coefficient (Wildman–Crippen LogP) is 0.906. The standard InChI is InChI=1S/C11H11FN6OS/c12-6-1-3-7(4-2-6)15-8(19)5-20-11-17-9(13)16-10(14)18-11/h1-4H,5H2,(H,15,19)(H4,13,14,16,17,18). The zero-order valence-electron chi connectivity index (χ0n) is 10.2. The molecule has 0 aliphatic carbocycles. The summed E-state index contributed by atoms with van der Waals surface area (Å²) in [5.41, 5.74) is 11.3. The molecule has 7 nitrogen and oxygen atoms in total. The number of amides is 1. The van der Waals surface area contributed by atoms with E-state index in [1.165, 1.54) is 24.3 Å². The van der Waals surface area contributed by atoms with Gasteiger partial charge in [0.15, 0.2) is 5.16 Å². The first-order valence-electron chi connectivity index (χ1n) is 5.48. The smallest absolute Gasteiger partial charge is 0.234 e. The van der Waals surface area contributed by atoms with Gasteiger partial charge in [0.05, 0.1) is 5.75 Å². The Balaban J connectivity index is 1.90. The highest BCUT2D eigenvalue weighted by Gasteiger charge is 2.07. The van der Waals surface area contributed by atoms with Crippen LogP contribution >= 0.6 is 11.8 Å². The van der Waals surface area contributed by atoms with E-state index in [0.29, 0.717) is 5.69 Å². The topological polar surface area (TPSA) is 120 Å². The van der Waals surface area contributed by atoms with Gasteiger partial charge < -0.3 is 16.8 Å². The number of hydrogen-bond acceptors (Lipinski definition) is 7. The monoisotopic (exact) mass is 294 g/mol. The summed E-state index contributed by atoms with van der Waals surface area (Å²) in [6.45, 7) is 0. The molecule has 0 spiro atoms. The highest BCUT2D eigenvalue weighted by molar-refractivity contribution is 7.99. The molecule has 0 aliphatic heterocycles. The van der Waals surface area contributed by atoms with Crippen molar-refractivity contribution in [3.63, 3.8) is 0 Å². The quantitative estimate of drug-likeness (QED) is 0.717. The highest BCUT2D eigenvalue weighted by Crippen LogP contribution is 2.15. The lowest BCUT2D eigenvalue weighted by Crippen LogP contribution is -2.14. The summed E-state index contributed by atoms with van der Waals surface area (Å²) in [5, 5.41) is 2.88. The molecule has 104 valence electrons. The van der Waals surface area contributed by atoms with E-state index in [1.54, 1.807) is 0 Å². The highest BCUT2D eigenvalue weighted by atomic mass is 32.2. The lowest BCUT2D eigenvalue weighted by Gasteiger charge is -2.05. The molecule has 2 aromatic rings. The summed E-state index contributed by atoms with van der Waals surface area (Å²) in [6.07, 6.45) is 0. The van der Waals surface area contributed by atoms with E-state index in [1.807, 2.05) is 0 Å². The number of nitrogens with one attached hydrogen (secondary N) is 1. The molecule has 0 atom stereocenters. The Labute approximate surface area is 118 Å². The van der Waals surface area contributed by atoms with Gasteiger partial charge >= 0.3 is 0 Å². The zero-order chi connectivity index (χ0) is 14.5. The van der Waals surface area contributed by atoms with E-state index in [9.17, 15) is 9.18 Å². The molecule has 5 N–H and O–H groups in total. The lowest BCUT2D eigenvalue weighted by molar-refractivity contribution is -0.113. The van der Waals surface area contributed by atoms with Crippen molar-refractivity contribution < 1.29 is 9.18 Å². The average molecular weight is 294 g/mol. The van der Waals surface area contributed by atoms with E-state index in [0.717, 1.165) is 11.8 Å². The Hall–Kier alpha value is -2.42. The molecule has 0 saturated carbocycles. The number of nitrogens with zero attached hydrogens (tertiary/aromatic N) is 3. The Bertz CT molecular complexity index is 601. The van der Waals surface area contributed by atoms with Gasteiger partial charge in [0, 0.05) is 5.69 Å². The van der Waals surface area contributed by atoms with E-state index < -0.39 is 0 Å². The van der Waals surface area contributed by atoms with Gasteiger partial charge in [-0.25, -0.2) is 4.39 Å². The normalized spacial score (nSPS) is 10.2. The summed E-state index contributed by atoms with van der Waals surface area (Å²) in [4.78, 5) is 23.0. The van der Waals surface area contributed by atoms with Crippen molar-refractivity contribution >= 4 is 35.3 Å². The number of thioether (sulfide) groups is 1. The van der Waals surface area contributed by atoms with Gasteiger partial charge in [0.2, 0.25) is 17.8 Å². The van der Waals surface area contributed by atoms with Crippen LogP contribution in [0.3, 0.4) is 0 Å². The fourth-order valence-electron chi connectivity index (χ4n) is 1.31. The van der Waals surface area contributed by atoms with Crippen molar-refractivity contribution in [1.29, 1.82) is 0 Å². The number of benzene rings is 1. The Morgan fingerprint density at radius 3 is 2.35 bits per heavy atom. The average Bonchev–Trinajstić information content (AvgIpc) is 2.38. The van der Waals surface area contributed by atoms with Crippen molar-refractivity contribution in [2.75, 3.05) is 22.5 Å². The minimum absolute atomic E-state index is 0.000979. The zero-order valence-corrected chi connectivity index (χ0v) is 11.0. The van der Waals surface area contributed by atoms with E-state index in [4.69, 9.17) is 11.5 Å². The van der Waals surface area contributed by atoms with Gasteiger partial charge in [-0.05, 0) is 24.3 Å². The summed E-state index contributed by atoms with van der Waals surface area (Å²) in [7, 11) is 0. The number of anilines is 3. The second-order valence-electron chi connectivity index (χ2n) is 3.68. The van der Waals surface area contributed by atoms with E-state index in [2.05, 4.69) is 20.3 Å². The van der Waals surface area contributed by atoms with Crippen LogP contribution in [-0.2, 0) is 4.79 Å². The van der Waals surface area contributed by atoms with Gasteiger partial charge in [0.25, 0.3) is 0 Å². The van der Waals surface area contributed by atoms with Crippen LogP contribution in [0, 0.1) is 5.82 Å². The van der Waals surface area contributed by atoms with Crippen LogP contribution in [0.15, 0.2) is 29.4 Å². The van der Waals surface area contributed by atoms with Gasteiger partial charge in [-0.3, -0.25) is 4.79 Å². The first-order valence-corrected chi connectivity index (χ1v) is 6.47. The van der Waals surface area contributed by atoms with Crippen molar-refractivity contribution in [1.82, 2.24) is 15.0 Å². The Kier molecular flexibility index (Phi) is 4.31. The van der Waals surface area contributed by atoms with Crippen molar-refractivity contribution in [2.45, 2.75) is 5.16 Å². The first-order chi connectivity index (χ1) is 9.52. The third-order valence-corrected chi connectivity index (χ3v) is 2.96. The number of nitrogen functional groups attached to an aromatic ring is 2. The van der Waals surface area contributed by atoms with Crippen LogP contribution in [0.25, 0.3) is 0 Å². The summed E-state index contributed by atoms with van der Waals surface area (Å²) in [5.74, 6) is -0.578. The minimum Gasteiger partial charge on any atom is -0.368 e. The van der Waals surface area contributed by atoms with Crippen LogP contribution < -0.4 is 16.8 Å². The third kappa shape index (κ3) is 4.05. The van der Waals surface area contributed by atoms with Crippen LogP contribution in [-0.4, -0.2) is 26.6 Å². The second kappa shape index (κ2) is 6.15. The number of aromatic nitrogens is 3. The molecule has 20 heavy (non-hydrogen) atoms. The number of carbonyl (C=O) groups is 1. The SMILES string of the molecule is Nc1nc(N)nc(SCC(=O)Nc2ccc(F)cc2)n1. The molecule has 0 fully saturated rings. The maximum atomic E-state index is 12.7. The van der Waals surface area contributed by atoms with Crippen LogP contribution in [0.1, 0.15) is 0 Å². The molecular formula is C11H11FN6OS. The van der Waals surface area contributed by atoms with Crippen molar-refractivity contribution in [2.24, 2.45) is 0 Å². The molecule has 2 rings (SSSR count). The fraction of sp³-hybridized carbons (Fsp3) is 0.0909. The maximum Gasteiger partial charge on any atom is 0.234 e. The Morgan fingerprint density at radius 1 is 1.15 bits per heavy atom. The van der Waals surface area contributed by atoms with Crippen LogP contribution in [0.5, 0.6) is 0 Å². The molecule has 0 aliphatic rings. The first kappa shape index (κ1) is 14.0. The number of carbonyl (C=O) groups excluding carboxylic acids is 1. The summed E-state index contributed by atoms with van der Waals surface area (Å²) < 4.78 is 12.7. The fourth-order valence-corrected chi connectivity index (χ4v) is 1.96. The Morgan fingerprint density at radius 2 is 1.75 bits per heavy atom.